The second-order valence-electron chi connectivity index (χ2n) is 2.42. The summed E-state index contributed by atoms with van der Waals surface area (Å²) < 4.78 is 34.1. The molecule has 0 aliphatic carbocycles. The summed E-state index contributed by atoms with van der Waals surface area (Å²) in [6.07, 6.45) is 0. The molecule has 0 radical (unpaired) electrons. The van der Waals surface area contributed by atoms with Crippen LogP contribution in [0.2, 0.25) is 0 Å². The Morgan fingerprint density at radius 2 is 1.79 bits per heavy atom. The van der Waals surface area contributed by atoms with Gasteiger partial charge in [0, 0.05) is 22.6 Å². The van der Waals surface area contributed by atoms with Gasteiger partial charge in [0.2, 0.25) is 0 Å². The van der Waals surface area contributed by atoms with Crippen molar-refractivity contribution in [3.63, 3.8) is 0 Å². The van der Waals surface area contributed by atoms with Crippen LogP contribution in [0.4, 0.5) is 18.9 Å². The number of rotatable bonds is 2. The summed E-state index contributed by atoms with van der Waals surface area (Å²) in [4.78, 5) is 10.8. The van der Waals surface area contributed by atoms with Crippen molar-refractivity contribution in [3.8, 4) is 0 Å². The van der Waals surface area contributed by atoms with E-state index in [4.69, 9.17) is 0 Å². The fraction of sp³-hybridized carbons (Fsp3) is 0.125. The third-order valence-electron chi connectivity index (χ3n) is 1.40. The van der Waals surface area contributed by atoms with E-state index in [2.05, 4.69) is 0 Å². The van der Waals surface area contributed by atoms with E-state index in [-0.39, 0.29) is 5.69 Å². The number of halogens is 4. The highest BCUT2D eigenvalue weighted by atomic mass is 127. The summed E-state index contributed by atoms with van der Waals surface area (Å²) in [5.41, 5.74) is -0.214. The summed E-state index contributed by atoms with van der Waals surface area (Å²) in [5, 5.41) is -0.563. The van der Waals surface area contributed by atoms with Crippen LogP contribution < -0.4 is 5.12 Å². The summed E-state index contributed by atoms with van der Waals surface area (Å²) >= 11 is 0.580. The van der Waals surface area contributed by atoms with Crippen molar-refractivity contribution >= 4 is 34.2 Å². The zero-order chi connectivity index (χ0) is 10.8. The van der Waals surface area contributed by atoms with E-state index < -0.39 is 15.0 Å². The smallest absolute Gasteiger partial charge is 0.264 e. The molecule has 0 saturated carbocycles. The molecule has 1 aromatic carbocycles. The molecule has 0 heterocycles. The Hall–Kier alpha value is -0.790. The van der Waals surface area contributed by atoms with Gasteiger partial charge in [-0.1, -0.05) is 22.7 Å². The molecule has 0 aromatic heterocycles. The minimum Gasteiger partial charge on any atom is -0.264 e. The van der Waals surface area contributed by atoms with Crippen molar-refractivity contribution in [2.45, 2.75) is 3.93 Å². The van der Waals surface area contributed by atoms with Gasteiger partial charge in [0.1, 0.15) is 0 Å². The molecular weight excluding hydrogens is 310 g/mol. The van der Waals surface area contributed by atoms with Gasteiger partial charge in [-0.05, 0) is 12.1 Å². The minimum atomic E-state index is -3.73. The van der Waals surface area contributed by atoms with Crippen LogP contribution >= 0.6 is 22.6 Å². The third-order valence-corrected chi connectivity index (χ3v) is 1.87. The Kier molecular flexibility index (Phi) is 3.35. The Bertz CT molecular complexity index is 325. The van der Waals surface area contributed by atoms with Gasteiger partial charge in [0.05, 0.1) is 5.69 Å². The molecule has 1 amide bonds. The molecule has 0 atom stereocenters. The number of para-hydroxylation sites is 1. The second kappa shape index (κ2) is 4.16. The number of carbonyl (C=O) groups is 1. The first-order valence-electron chi connectivity index (χ1n) is 3.55. The number of anilines is 1. The highest BCUT2D eigenvalue weighted by molar-refractivity contribution is 14.1. The van der Waals surface area contributed by atoms with E-state index in [1.807, 2.05) is 0 Å². The van der Waals surface area contributed by atoms with Crippen LogP contribution in [0.1, 0.15) is 0 Å². The SMILES string of the molecule is O=C(N(F)c1ccccc1)C(F)(F)I. The monoisotopic (exact) mass is 315 g/mol. The van der Waals surface area contributed by atoms with Crippen LogP contribution in [0.15, 0.2) is 30.3 Å². The molecule has 0 saturated heterocycles. The van der Waals surface area contributed by atoms with E-state index in [0.29, 0.717) is 22.6 Å². The highest BCUT2D eigenvalue weighted by Crippen LogP contribution is 2.28. The molecule has 2 nitrogen and oxygen atoms in total. The molecule has 14 heavy (non-hydrogen) atoms. The van der Waals surface area contributed by atoms with Crippen molar-refractivity contribution in [2.24, 2.45) is 0 Å². The number of nitrogens with zero attached hydrogens (tertiary/aromatic N) is 1. The molecule has 0 unspecified atom stereocenters. The molecule has 1 aromatic rings. The van der Waals surface area contributed by atoms with E-state index in [1.165, 1.54) is 24.3 Å². The molecule has 76 valence electrons. The summed E-state index contributed by atoms with van der Waals surface area (Å²) in [6, 6.07) is 6.92. The second-order valence-corrected chi connectivity index (χ2v) is 3.77. The maximum absolute atomic E-state index is 13.0. The van der Waals surface area contributed by atoms with Gasteiger partial charge in [-0.25, -0.2) is 0 Å². The van der Waals surface area contributed by atoms with Gasteiger partial charge in [-0.2, -0.15) is 8.78 Å². The lowest BCUT2D eigenvalue weighted by Gasteiger charge is -2.14. The predicted molar refractivity (Wildman–Crippen MR) is 54.0 cm³/mol. The first-order chi connectivity index (χ1) is 6.43. The van der Waals surface area contributed by atoms with Crippen molar-refractivity contribution in [3.05, 3.63) is 30.3 Å². The average Bonchev–Trinajstić information content (AvgIpc) is 2.15. The van der Waals surface area contributed by atoms with Gasteiger partial charge in [-0.3, -0.25) is 4.79 Å². The molecule has 0 aliphatic heterocycles. The van der Waals surface area contributed by atoms with Gasteiger partial charge < -0.3 is 0 Å². The van der Waals surface area contributed by atoms with Crippen molar-refractivity contribution in [2.75, 3.05) is 5.12 Å². The Morgan fingerprint density at radius 3 is 2.21 bits per heavy atom. The number of carbonyl (C=O) groups excluding carboxylic acids is 1. The number of alkyl halides is 3. The molecule has 0 fully saturated rings. The van der Waals surface area contributed by atoms with Crippen LogP contribution in [0.25, 0.3) is 0 Å². The zero-order valence-electron chi connectivity index (χ0n) is 6.75. The summed E-state index contributed by atoms with van der Waals surface area (Å²) in [5.74, 6) is -1.88. The maximum Gasteiger partial charge on any atom is 0.375 e. The molecular formula is C8H5F3INO. The molecule has 0 N–H and O–H groups in total. The van der Waals surface area contributed by atoms with Crippen molar-refractivity contribution in [1.82, 2.24) is 0 Å². The normalized spacial score (nSPS) is 11.1. The first-order valence-corrected chi connectivity index (χ1v) is 4.63. The van der Waals surface area contributed by atoms with E-state index in [0.717, 1.165) is 0 Å². The molecule has 0 spiro atoms. The average molecular weight is 315 g/mol. The van der Waals surface area contributed by atoms with Gasteiger partial charge in [0.25, 0.3) is 0 Å². The maximum atomic E-state index is 13.0. The molecule has 0 bridgehead atoms. The van der Waals surface area contributed by atoms with Crippen molar-refractivity contribution in [1.29, 1.82) is 0 Å². The number of benzene rings is 1. The van der Waals surface area contributed by atoms with E-state index in [9.17, 15) is 18.1 Å². The fourth-order valence-electron chi connectivity index (χ4n) is 0.787. The standard InChI is InChI=1S/C8H5F3INO/c9-8(10,12)7(14)13(11)6-4-2-1-3-5-6/h1-5H. The topological polar surface area (TPSA) is 20.3 Å². The van der Waals surface area contributed by atoms with Gasteiger partial charge in [0.15, 0.2) is 0 Å². The molecule has 6 heteroatoms. The first kappa shape index (κ1) is 11.3. The third kappa shape index (κ3) is 2.60. The number of hydrogen-bond acceptors (Lipinski definition) is 1. The Morgan fingerprint density at radius 1 is 1.29 bits per heavy atom. The fourth-order valence-corrected chi connectivity index (χ4v) is 0.999. The van der Waals surface area contributed by atoms with E-state index in [1.54, 1.807) is 6.07 Å². The van der Waals surface area contributed by atoms with E-state index >= 15 is 0 Å². The number of hydrogen-bond donors (Lipinski definition) is 0. The van der Waals surface area contributed by atoms with Crippen LogP contribution in [-0.2, 0) is 4.79 Å². The van der Waals surface area contributed by atoms with Gasteiger partial charge >= 0.3 is 9.84 Å². The number of amides is 1. The summed E-state index contributed by atoms with van der Waals surface area (Å²) in [6.45, 7) is 0. The van der Waals surface area contributed by atoms with Crippen molar-refractivity contribution < 1.29 is 18.1 Å². The minimum absolute atomic E-state index is 0.214. The van der Waals surface area contributed by atoms with Crippen LogP contribution in [0, 0.1) is 0 Å². The van der Waals surface area contributed by atoms with Crippen LogP contribution in [0.3, 0.4) is 0 Å². The molecule has 0 aliphatic rings. The largest absolute Gasteiger partial charge is 0.375 e. The van der Waals surface area contributed by atoms with Gasteiger partial charge in [-0.15, -0.1) is 5.12 Å². The lowest BCUT2D eigenvalue weighted by atomic mass is 10.3. The molecule has 1 rings (SSSR count). The Balaban J connectivity index is 2.87. The quantitative estimate of drug-likeness (QED) is 0.467. The lowest BCUT2D eigenvalue weighted by Crippen LogP contribution is -2.34. The van der Waals surface area contributed by atoms with Crippen LogP contribution in [-0.4, -0.2) is 9.84 Å². The predicted octanol–water partition coefficient (Wildman–Crippen LogP) is 2.93. The van der Waals surface area contributed by atoms with Crippen LogP contribution in [0.5, 0.6) is 0 Å². The lowest BCUT2D eigenvalue weighted by molar-refractivity contribution is -0.133. The zero-order valence-corrected chi connectivity index (χ0v) is 8.91. The summed E-state index contributed by atoms with van der Waals surface area (Å²) in [7, 11) is 0. The highest BCUT2D eigenvalue weighted by Gasteiger charge is 2.40. The Labute approximate surface area is 91.8 Å².